The summed E-state index contributed by atoms with van der Waals surface area (Å²) in [4.78, 5) is 2.57. The first-order valence-electron chi connectivity index (χ1n) is 5.01. The molecule has 70 valence electrons. The molecule has 12 heavy (non-hydrogen) atoms. The van der Waals surface area contributed by atoms with Crippen molar-refractivity contribution in [2.45, 2.75) is 45.2 Å². The Kier molecular flexibility index (Phi) is 1.59. The number of rotatable bonds is 2. The van der Waals surface area contributed by atoms with Gasteiger partial charge in [0.1, 0.15) is 0 Å². The number of likely N-dealkylation sites (tertiary alicyclic amines) is 1. The molecule has 0 aromatic carbocycles. The van der Waals surface area contributed by atoms with Gasteiger partial charge >= 0.3 is 0 Å². The third-order valence-electron chi connectivity index (χ3n) is 3.99. The van der Waals surface area contributed by atoms with E-state index < -0.39 is 0 Å². The van der Waals surface area contributed by atoms with Gasteiger partial charge in [0.05, 0.1) is 0 Å². The van der Waals surface area contributed by atoms with Crippen LogP contribution in [0.1, 0.15) is 33.6 Å². The van der Waals surface area contributed by atoms with Gasteiger partial charge < -0.3 is 5.73 Å². The van der Waals surface area contributed by atoms with Gasteiger partial charge in [-0.25, -0.2) is 0 Å². The maximum Gasteiger partial charge on any atom is 0.0151 e. The Morgan fingerprint density at radius 2 is 2.00 bits per heavy atom. The Bertz CT molecular complexity index is 192. The fourth-order valence-corrected chi connectivity index (χ4v) is 2.11. The molecule has 1 unspecified atom stereocenters. The fourth-order valence-electron chi connectivity index (χ4n) is 2.11. The molecule has 2 N–H and O–H groups in total. The lowest BCUT2D eigenvalue weighted by Crippen LogP contribution is -2.59. The van der Waals surface area contributed by atoms with Gasteiger partial charge in [-0.2, -0.15) is 0 Å². The Morgan fingerprint density at radius 3 is 2.33 bits per heavy atom. The quantitative estimate of drug-likeness (QED) is 0.671. The number of nitrogens with two attached hydrogens (primary N) is 1. The fraction of sp³-hybridized carbons (Fsp3) is 1.00. The van der Waals surface area contributed by atoms with E-state index in [-0.39, 0.29) is 0 Å². The standard InChI is InChI=1S/C10H20N2/c1-4-9(2,3)12-6-10(7-12)5-8(10)11/h8H,4-7,11H2,1-3H3. The molecule has 1 heterocycles. The highest BCUT2D eigenvalue weighted by molar-refractivity contribution is 5.17. The van der Waals surface area contributed by atoms with Crippen molar-refractivity contribution in [3.8, 4) is 0 Å². The van der Waals surface area contributed by atoms with E-state index in [0.29, 0.717) is 17.0 Å². The van der Waals surface area contributed by atoms with Crippen LogP contribution < -0.4 is 5.73 Å². The van der Waals surface area contributed by atoms with Gasteiger partial charge in [-0.05, 0) is 26.7 Å². The van der Waals surface area contributed by atoms with Crippen molar-refractivity contribution in [1.82, 2.24) is 4.90 Å². The van der Waals surface area contributed by atoms with Gasteiger partial charge in [-0.3, -0.25) is 4.90 Å². The first-order valence-corrected chi connectivity index (χ1v) is 5.01. The lowest BCUT2D eigenvalue weighted by atomic mass is 9.87. The molecule has 1 atom stereocenters. The molecule has 1 saturated carbocycles. The molecule has 0 amide bonds. The smallest absolute Gasteiger partial charge is 0.0151 e. The van der Waals surface area contributed by atoms with E-state index in [4.69, 9.17) is 5.73 Å². The highest BCUT2D eigenvalue weighted by atomic mass is 15.3. The average Bonchev–Trinajstić information content (AvgIpc) is 2.58. The molecule has 1 aliphatic carbocycles. The zero-order valence-corrected chi connectivity index (χ0v) is 8.43. The molecule has 2 heteroatoms. The maximum atomic E-state index is 5.88. The molecule has 2 fully saturated rings. The third kappa shape index (κ3) is 1.01. The molecule has 1 saturated heterocycles. The van der Waals surface area contributed by atoms with Crippen molar-refractivity contribution in [3.63, 3.8) is 0 Å². The minimum Gasteiger partial charge on any atom is -0.327 e. The topological polar surface area (TPSA) is 29.3 Å². The van der Waals surface area contributed by atoms with Crippen LogP contribution in [0, 0.1) is 5.41 Å². The second kappa shape index (κ2) is 2.24. The summed E-state index contributed by atoms with van der Waals surface area (Å²) < 4.78 is 0. The maximum absolute atomic E-state index is 5.88. The first-order chi connectivity index (χ1) is 5.50. The molecule has 0 bridgehead atoms. The summed E-state index contributed by atoms with van der Waals surface area (Å²) in [7, 11) is 0. The van der Waals surface area contributed by atoms with E-state index in [1.165, 1.54) is 25.9 Å². The summed E-state index contributed by atoms with van der Waals surface area (Å²) in [6, 6.07) is 0.515. The third-order valence-corrected chi connectivity index (χ3v) is 3.99. The van der Waals surface area contributed by atoms with Crippen LogP contribution in [0.3, 0.4) is 0 Å². The highest BCUT2D eigenvalue weighted by Crippen LogP contribution is 2.53. The molecule has 2 rings (SSSR count). The molecule has 0 radical (unpaired) electrons. The minimum atomic E-state index is 0.396. The van der Waals surface area contributed by atoms with E-state index in [1.807, 2.05) is 0 Å². The molecule has 0 aromatic rings. The first kappa shape index (κ1) is 8.52. The van der Waals surface area contributed by atoms with E-state index in [9.17, 15) is 0 Å². The largest absolute Gasteiger partial charge is 0.327 e. The second-order valence-corrected chi connectivity index (χ2v) is 5.20. The Hall–Kier alpha value is -0.0800. The SMILES string of the molecule is CCC(C)(C)N1CC2(CC2N)C1. The van der Waals surface area contributed by atoms with Crippen molar-refractivity contribution < 1.29 is 0 Å². The molecular weight excluding hydrogens is 148 g/mol. The predicted molar refractivity (Wildman–Crippen MR) is 51.0 cm³/mol. The number of nitrogens with zero attached hydrogens (tertiary/aromatic N) is 1. The van der Waals surface area contributed by atoms with Crippen LogP contribution in [0.4, 0.5) is 0 Å². The van der Waals surface area contributed by atoms with Crippen LogP contribution in [-0.4, -0.2) is 29.6 Å². The molecular formula is C10H20N2. The average molecular weight is 168 g/mol. The summed E-state index contributed by atoms with van der Waals surface area (Å²) in [6.07, 6.45) is 2.50. The molecule has 2 nitrogen and oxygen atoms in total. The van der Waals surface area contributed by atoms with Crippen molar-refractivity contribution in [3.05, 3.63) is 0 Å². The lowest BCUT2D eigenvalue weighted by molar-refractivity contribution is -0.0146. The summed E-state index contributed by atoms with van der Waals surface area (Å²) in [5.74, 6) is 0. The van der Waals surface area contributed by atoms with Crippen molar-refractivity contribution in [2.75, 3.05) is 13.1 Å². The normalized spacial score (nSPS) is 33.5. The van der Waals surface area contributed by atoms with E-state index in [0.717, 1.165) is 0 Å². The lowest BCUT2D eigenvalue weighted by Gasteiger charge is -2.50. The monoisotopic (exact) mass is 168 g/mol. The van der Waals surface area contributed by atoms with Crippen LogP contribution in [0.5, 0.6) is 0 Å². The molecule has 1 aliphatic heterocycles. The van der Waals surface area contributed by atoms with Crippen LogP contribution in [-0.2, 0) is 0 Å². The highest BCUT2D eigenvalue weighted by Gasteiger charge is 2.61. The van der Waals surface area contributed by atoms with Gasteiger partial charge in [0.2, 0.25) is 0 Å². The van der Waals surface area contributed by atoms with Gasteiger partial charge in [0.25, 0.3) is 0 Å². The van der Waals surface area contributed by atoms with Crippen LogP contribution in [0.25, 0.3) is 0 Å². The van der Waals surface area contributed by atoms with E-state index >= 15 is 0 Å². The Balaban J connectivity index is 1.89. The van der Waals surface area contributed by atoms with Crippen molar-refractivity contribution in [1.29, 1.82) is 0 Å². The number of hydrogen-bond donors (Lipinski definition) is 1. The second-order valence-electron chi connectivity index (χ2n) is 5.20. The van der Waals surface area contributed by atoms with E-state index in [2.05, 4.69) is 25.7 Å². The van der Waals surface area contributed by atoms with Gasteiger partial charge in [-0.1, -0.05) is 6.92 Å². The van der Waals surface area contributed by atoms with Crippen LogP contribution >= 0.6 is 0 Å². The molecule has 2 aliphatic rings. The molecule has 0 aromatic heterocycles. The van der Waals surface area contributed by atoms with Gasteiger partial charge in [-0.15, -0.1) is 0 Å². The summed E-state index contributed by atoms with van der Waals surface area (Å²) in [5.41, 5.74) is 6.84. The van der Waals surface area contributed by atoms with Gasteiger partial charge in [0, 0.05) is 30.1 Å². The van der Waals surface area contributed by atoms with Crippen LogP contribution in [0.2, 0.25) is 0 Å². The summed E-state index contributed by atoms with van der Waals surface area (Å²) >= 11 is 0. The Labute approximate surface area is 75.1 Å². The number of hydrogen-bond acceptors (Lipinski definition) is 2. The minimum absolute atomic E-state index is 0.396. The van der Waals surface area contributed by atoms with Crippen molar-refractivity contribution >= 4 is 0 Å². The predicted octanol–water partition coefficient (Wildman–Crippen LogP) is 1.21. The zero-order valence-electron chi connectivity index (χ0n) is 8.43. The Morgan fingerprint density at radius 1 is 1.50 bits per heavy atom. The van der Waals surface area contributed by atoms with E-state index in [1.54, 1.807) is 0 Å². The summed E-state index contributed by atoms with van der Waals surface area (Å²) in [6.45, 7) is 9.41. The molecule has 1 spiro atoms. The van der Waals surface area contributed by atoms with Crippen molar-refractivity contribution in [2.24, 2.45) is 11.1 Å². The van der Waals surface area contributed by atoms with Crippen LogP contribution in [0.15, 0.2) is 0 Å². The van der Waals surface area contributed by atoms with Gasteiger partial charge in [0.15, 0.2) is 0 Å². The summed E-state index contributed by atoms with van der Waals surface area (Å²) in [5, 5.41) is 0. The zero-order chi connectivity index (χ0) is 8.98.